The molecular formula is C8H13N3O. The molecule has 2 heterocycles. The van der Waals surface area contributed by atoms with Crippen LogP contribution in [0.25, 0.3) is 0 Å². The molecule has 0 bridgehead atoms. The van der Waals surface area contributed by atoms with E-state index >= 15 is 0 Å². The van der Waals surface area contributed by atoms with Crippen molar-refractivity contribution in [3.63, 3.8) is 0 Å². The minimum Gasteiger partial charge on any atom is -0.388 e. The van der Waals surface area contributed by atoms with Crippen molar-refractivity contribution in [2.75, 3.05) is 13.1 Å². The molecule has 66 valence electrons. The average molecular weight is 167 g/mol. The summed E-state index contributed by atoms with van der Waals surface area (Å²) >= 11 is 0. The molecule has 2 rings (SSSR count). The van der Waals surface area contributed by atoms with Crippen molar-refractivity contribution in [1.82, 2.24) is 15.5 Å². The number of hydrogen-bond donors (Lipinski definition) is 3. The van der Waals surface area contributed by atoms with Crippen LogP contribution in [0.2, 0.25) is 0 Å². The zero-order chi connectivity index (χ0) is 8.44. The molecule has 4 heteroatoms. The fourth-order valence-corrected chi connectivity index (χ4v) is 1.62. The number of β-amino-alcohol motifs (C(OH)–C–C–N with tert-alkyl or cyclic N) is 1. The number of aromatic nitrogens is 2. The summed E-state index contributed by atoms with van der Waals surface area (Å²) in [5.74, 6) is 0. The van der Waals surface area contributed by atoms with Crippen LogP contribution >= 0.6 is 0 Å². The Labute approximate surface area is 71.0 Å². The summed E-state index contributed by atoms with van der Waals surface area (Å²) in [4.78, 5) is 0. The quantitative estimate of drug-likeness (QED) is 0.565. The zero-order valence-corrected chi connectivity index (χ0v) is 6.88. The van der Waals surface area contributed by atoms with Gasteiger partial charge in [-0.2, -0.15) is 5.10 Å². The van der Waals surface area contributed by atoms with Gasteiger partial charge in [-0.05, 0) is 19.0 Å². The number of nitrogens with zero attached hydrogens (tertiary/aromatic N) is 1. The minimum atomic E-state index is -0.563. The largest absolute Gasteiger partial charge is 0.388 e. The van der Waals surface area contributed by atoms with Gasteiger partial charge >= 0.3 is 0 Å². The molecule has 1 fully saturated rings. The van der Waals surface area contributed by atoms with E-state index in [2.05, 4.69) is 15.5 Å². The smallest absolute Gasteiger partial charge is 0.0838 e. The molecule has 1 saturated heterocycles. The lowest BCUT2D eigenvalue weighted by Gasteiger charge is -2.19. The van der Waals surface area contributed by atoms with Crippen LogP contribution in [0.4, 0.5) is 0 Å². The number of H-pyrrole nitrogens is 1. The first-order chi connectivity index (χ1) is 5.79. The molecule has 4 nitrogen and oxygen atoms in total. The standard InChI is InChI=1S/C8H13N3O/c12-8(2-4-9-6-8)5-7-1-3-10-11-7/h1,3,9,12H,2,4-6H2,(H,10,11). The van der Waals surface area contributed by atoms with Gasteiger partial charge in [0.15, 0.2) is 0 Å². The third-order valence-corrected chi connectivity index (χ3v) is 2.30. The SMILES string of the molecule is OC1(Cc2ccn[nH]2)CCNC1. The lowest BCUT2D eigenvalue weighted by molar-refractivity contribution is 0.0609. The first kappa shape index (κ1) is 7.76. The fourth-order valence-electron chi connectivity index (χ4n) is 1.62. The Balaban J connectivity index is 2.02. The maximum Gasteiger partial charge on any atom is 0.0838 e. The Bertz CT molecular complexity index is 239. The molecule has 12 heavy (non-hydrogen) atoms. The van der Waals surface area contributed by atoms with Crippen LogP contribution in [-0.2, 0) is 6.42 Å². The van der Waals surface area contributed by atoms with Gasteiger partial charge in [-0.25, -0.2) is 0 Å². The van der Waals surface area contributed by atoms with Crippen LogP contribution in [-0.4, -0.2) is 34.0 Å². The van der Waals surface area contributed by atoms with Gasteiger partial charge in [-0.3, -0.25) is 5.10 Å². The van der Waals surface area contributed by atoms with Crippen molar-refractivity contribution in [3.8, 4) is 0 Å². The first-order valence-corrected chi connectivity index (χ1v) is 4.20. The van der Waals surface area contributed by atoms with E-state index in [4.69, 9.17) is 0 Å². The van der Waals surface area contributed by atoms with Gasteiger partial charge in [0.25, 0.3) is 0 Å². The summed E-state index contributed by atoms with van der Waals surface area (Å²) in [6, 6.07) is 1.90. The molecule has 0 radical (unpaired) electrons. The Morgan fingerprint density at radius 1 is 1.67 bits per heavy atom. The third kappa shape index (κ3) is 1.49. The summed E-state index contributed by atoms with van der Waals surface area (Å²) in [6.07, 6.45) is 3.20. The van der Waals surface area contributed by atoms with Crippen LogP contribution in [0.5, 0.6) is 0 Å². The van der Waals surface area contributed by atoms with E-state index in [0.29, 0.717) is 13.0 Å². The predicted molar refractivity (Wildman–Crippen MR) is 44.7 cm³/mol. The summed E-state index contributed by atoms with van der Waals surface area (Å²) < 4.78 is 0. The second kappa shape index (κ2) is 2.88. The number of aromatic amines is 1. The molecule has 1 atom stereocenters. The van der Waals surface area contributed by atoms with Crippen molar-refractivity contribution in [1.29, 1.82) is 0 Å². The van der Waals surface area contributed by atoms with E-state index in [9.17, 15) is 5.11 Å². The molecule has 3 N–H and O–H groups in total. The van der Waals surface area contributed by atoms with Crippen molar-refractivity contribution < 1.29 is 5.11 Å². The van der Waals surface area contributed by atoms with Crippen molar-refractivity contribution in [2.24, 2.45) is 0 Å². The molecule has 0 amide bonds. The highest BCUT2D eigenvalue weighted by Crippen LogP contribution is 2.18. The van der Waals surface area contributed by atoms with E-state index in [1.165, 1.54) is 0 Å². The summed E-state index contributed by atoms with van der Waals surface area (Å²) in [5, 5.41) is 19.8. The summed E-state index contributed by atoms with van der Waals surface area (Å²) in [6.45, 7) is 1.59. The van der Waals surface area contributed by atoms with E-state index in [-0.39, 0.29) is 0 Å². The number of nitrogens with one attached hydrogen (secondary N) is 2. The van der Waals surface area contributed by atoms with Gasteiger partial charge in [0, 0.05) is 24.9 Å². The Kier molecular flexibility index (Phi) is 1.86. The van der Waals surface area contributed by atoms with Gasteiger partial charge in [-0.15, -0.1) is 0 Å². The van der Waals surface area contributed by atoms with Crippen LogP contribution < -0.4 is 5.32 Å². The molecule has 0 saturated carbocycles. The van der Waals surface area contributed by atoms with Crippen LogP contribution in [0.15, 0.2) is 12.3 Å². The third-order valence-electron chi connectivity index (χ3n) is 2.30. The van der Waals surface area contributed by atoms with Gasteiger partial charge in [0.05, 0.1) is 5.60 Å². The molecule has 1 unspecified atom stereocenters. The minimum absolute atomic E-state index is 0.563. The van der Waals surface area contributed by atoms with E-state index in [0.717, 1.165) is 18.7 Å². The van der Waals surface area contributed by atoms with Crippen molar-refractivity contribution >= 4 is 0 Å². The predicted octanol–water partition coefficient (Wildman–Crippen LogP) is -0.323. The van der Waals surface area contributed by atoms with Gasteiger partial charge in [-0.1, -0.05) is 0 Å². The zero-order valence-electron chi connectivity index (χ0n) is 6.88. The monoisotopic (exact) mass is 167 g/mol. The lowest BCUT2D eigenvalue weighted by Crippen LogP contribution is -2.33. The van der Waals surface area contributed by atoms with Crippen LogP contribution in [0, 0.1) is 0 Å². The first-order valence-electron chi connectivity index (χ1n) is 4.20. The molecule has 1 aromatic rings. The Morgan fingerprint density at radius 2 is 2.58 bits per heavy atom. The highest BCUT2D eigenvalue weighted by Gasteiger charge is 2.31. The lowest BCUT2D eigenvalue weighted by atomic mass is 9.97. The van der Waals surface area contributed by atoms with E-state index in [1.807, 2.05) is 6.07 Å². The second-order valence-corrected chi connectivity index (χ2v) is 3.41. The molecule has 0 aromatic carbocycles. The normalized spacial score (nSPS) is 29.4. The molecule has 1 aliphatic rings. The molecular weight excluding hydrogens is 154 g/mol. The fraction of sp³-hybridized carbons (Fsp3) is 0.625. The average Bonchev–Trinajstić information content (AvgIpc) is 2.62. The van der Waals surface area contributed by atoms with Crippen LogP contribution in [0.1, 0.15) is 12.1 Å². The van der Waals surface area contributed by atoms with Gasteiger partial charge < -0.3 is 10.4 Å². The second-order valence-electron chi connectivity index (χ2n) is 3.41. The number of rotatable bonds is 2. The number of hydrogen-bond acceptors (Lipinski definition) is 3. The van der Waals surface area contributed by atoms with Gasteiger partial charge in [0.1, 0.15) is 0 Å². The van der Waals surface area contributed by atoms with Gasteiger partial charge in [0.2, 0.25) is 0 Å². The molecule has 0 aliphatic carbocycles. The van der Waals surface area contributed by atoms with E-state index in [1.54, 1.807) is 6.20 Å². The summed E-state index contributed by atoms with van der Waals surface area (Å²) in [7, 11) is 0. The maximum atomic E-state index is 9.95. The maximum absolute atomic E-state index is 9.95. The highest BCUT2D eigenvalue weighted by atomic mass is 16.3. The van der Waals surface area contributed by atoms with Crippen molar-refractivity contribution in [3.05, 3.63) is 18.0 Å². The summed E-state index contributed by atoms with van der Waals surface area (Å²) in [5.41, 5.74) is 0.438. The van der Waals surface area contributed by atoms with Crippen molar-refractivity contribution in [2.45, 2.75) is 18.4 Å². The molecule has 1 aromatic heterocycles. The Morgan fingerprint density at radius 3 is 3.17 bits per heavy atom. The van der Waals surface area contributed by atoms with E-state index < -0.39 is 5.60 Å². The van der Waals surface area contributed by atoms with Crippen LogP contribution in [0.3, 0.4) is 0 Å². The number of aliphatic hydroxyl groups is 1. The topological polar surface area (TPSA) is 60.9 Å². The molecule has 0 spiro atoms. The molecule has 1 aliphatic heterocycles. The highest BCUT2D eigenvalue weighted by molar-refractivity contribution is 5.05. The Hall–Kier alpha value is -0.870.